The van der Waals surface area contributed by atoms with Crippen molar-refractivity contribution in [1.29, 1.82) is 0 Å². The molecular formula is C22H25BrN4O5. The van der Waals surface area contributed by atoms with E-state index >= 15 is 0 Å². The zero-order chi connectivity index (χ0) is 23.7. The molecule has 0 radical (unpaired) electrons. The van der Waals surface area contributed by atoms with E-state index in [0.29, 0.717) is 17.5 Å². The van der Waals surface area contributed by atoms with Crippen LogP contribution in [0.5, 0.6) is 0 Å². The van der Waals surface area contributed by atoms with E-state index in [1.807, 2.05) is 0 Å². The third-order valence-corrected chi connectivity index (χ3v) is 5.51. The second-order valence-electron chi connectivity index (χ2n) is 7.15. The highest BCUT2D eigenvalue weighted by Crippen LogP contribution is 2.19. The van der Waals surface area contributed by atoms with Crippen LogP contribution in [0.2, 0.25) is 0 Å². The molecule has 0 heterocycles. The van der Waals surface area contributed by atoms with Gasteiger partial charge in [-0.15, -0.1) is 0 Å². The number of hydrogen-bond donors (Lipinski definition) is 4. The van der Waals surface area contributed by atoms with Crippen LogP contribution in [0.15, 0.2) is 53.0 Å². The summed E-state index contributed by atoms with van der Waals surface area (Å²) in [5, 5.41) is 15.5. The maximum Gasteiger partial charge on any atom is 0.338 e. The lowest BCUT2D eigenvalue weighted by atomic mass is 9.89. The van der Waals surface area contributed by atoms with Gasteiger partial charge < -0.3 is 20.5 Å². The van der Waals surface area contributed by atoms with Crippen LogP contribution in [0.3, 0.4) is 0 Å². The molecule has 0 aliphatic rings. The number of aryl methyl sites for hydroxylation is 1. The molecule has 4 N–H and O–H groups in total. The van der Waals surface area contributed by atoms with Gasteiger partial charge in [0.25, 0.3) is 0 Å². The van der Waals surface area contributed by atoms with Crippen molar-refractivity contribution < 1.29 is 24.3 Å². The number of rotatable bonds is 8. The van der Waals surface area contributed by atoms with Gasteiger partial charge in [0.15, 0.2) is 0 Å². The van der Waals surface area contributed by atoms with Crippen molar-refractivity contribution in [2.24, 2.45) is 0 Å². The smallest absolute Gasteiger partial charge is 0.338 e. The van der Waals surface area contributed by atoms with Crippen LogP contribution in [-0.2, 0) is 11.2 Å². The molecule has 170 valence electrons. The minimum Gasteiger partial charge on any atom is -0.478 e. The van der Waals surface area contributed by atoms with E-state index in [1.165, 1.54) is 13.1 Å². The van der Waals surface area contributed by atoms with E-state index in [0.717, 1.165) is 9.48 Å². The molecule has 2 aromatic rings. The number of anilines is 1. The van der Waals surface area contributed by atoms with Crippen LogP contribution in [0.25, 0.3) is 0 Å². The second kappa shape index (κ2) is 11.3. The van der Waals surface area contributed by atoms with Gasteiger partial charge in [0.2, 0.25) is 0 Å². The number of aldehydes is 1. The number of urea groups is 2. The van der Waals surface area contributed by atoms with Gasteiger partial charge in [0, 0.05) is 17.2 Å². The average Bonchev–Trinajstić information content (AvgIpc) is 2.78. The third kappa shape index (κ3) is 6.81. The molecule has 4 amide bonds. The normalized spacial score (nSPS) is 12.2. The molecule has 0 saturated heterocycles. The first-order chi connectivity index (χ1) is 15.2. The van der Waals surface area contributed by atoms with Gasteiger partial charge in [0.1, 0.15) is 6.29 Å². The van der Waals surface area contributed by atoms with Gasteiger partial charge in [0.05, 0.1) is 11.1 Å². The molecule has 0 aliphatic carbocycles. The van der Waals surface area contributed by atoms with E-state index in [4.69, 9.17) is 0 Å². The van der Waals surface area contributed by atoms with Crippen LogP contribution < -0.4 is 16.1 Å². The summed E-state index contributed by atoms with van der Waals surface area (Å²) in [6.45, 7) is 1.74. The lowest BCUT2D eigenvalue weighted by molar-refractivity contribution is -0.113. The monoisotopic (exact) mass is 504 g/mol. The van der Waals surface area contributed by atoms with Crippen molar-refractivity contribution in [3.8, 4) is 0 Å². The molecule has 9 nitrogen and oxygen atoms in total. The van der Waals surface area contributed by atoms with Crippen molar-refractivity contribution in [2.45, 2.75) is 31.7 Å². The Kier molecular flexibility index (Phi) is 8.77. The Morgan fingerprint density at radius 3 is 2.38 bits per heavy atom. The number of carboxylic acids is 1. The molecule has 1 atom stereocenters. The molecule has 0 bridgehead atoms. The number of benzene rings is 2. The Labute approximate surface area is 194 Å². The zero-order valence-electron chi connectivity index (χ0n) is 17.7. The molecular weight excluding hydrogens is 480 g/mol. The average molecular weight is 505 g/mol. The zero-order valence-corrected chi connectivity index (χ0v) is 19.3. The maximum absolute atomic E-state index is 12.6. The molecule has 0 fully saturated rings. The molecule has 10 heteroatoms. The number of aromatic carboxylic acids is 1. The fourth-order valence-electron chi connectivity index (χ4n) is 3.00. The van der Waals surface area contributed by atoms with Crippen molar-refractivity contribution in [1.82, 2.24) is 15.8 Å². The van der Waals surface area contributed by atoms with Crippen molar-refractivity contribution >= 4 is 45.9 Å². The fourth-order valence-corrected chi connectivity index (χ4v) is 3.26. The highest BCUT2D eigenvalue weighted by Gasteiger charge is 2.31. The number of hydrogen-bond acceptors (Lipinski definition) is 4. The topological polar surface area (TPSA) is 128 Å². The van der Waals surface area contributed by atoms with Crippen LogP contribution >= 0.6 is 15.9 Å². The minimum atomic E-state index is -1.22. The van der Waals surface area contributed by atoms with Gasteiger partial charge in [-0.05, 0) is 55.2 Å². The van der Waals surface area contributed by atoms with Crippen LogP contribution in [0, 0.1) is 0 Å². The Hall–Kier alpha value is -3.40. The largest absolute Gasteiger partial charge is 0.478 e. The maximum atomic E-state index is 12.6. The standard InChI is InChI=1S/C22H25BrN4O5/c1-3-22(14-28,13-12-15-6-4-5-7-18(15)19(29)30)25-21(32)27(2)26-20(31)24-17-10-8-16(23)9-11-17/h4-11,14H,3,12-13H2,1-2H3,(H,25,32)(H,29,30)(H2,24,26,31). The van der Waals surface area contributed by atoms with Crippen LogP contribution in [0.1, 0.15) is 35.7 Å². The van der Waals surface area contributed by atoms with Gasteiger partial charge in [-0.25, -0.2) is 24.8 Å². The second-order valence-corrected chi connectivity index (χ2v) is 8.07. The summed E-state index contributed by atoms with van der Waals surface area (Å²) >= 11 is 3.30. The number of amides is 4. The SMILES string of the molecule is CCC(C=O)(CCc1ccccc1C(=O)O)NC(=O)N(C)NC(=O)Nc1ccc(Br)cc1. The Bertz CT molecular complexity index is 983. The van der Waals surface area contributed by atoms with E-state index in [2.05, 4.69) is 32.0 Å². The summed E-state index contributed by atoms with van der Waals surface area (Å²) in [6, 6.07) is 12.1. The number of carbonyl (C=O) groups excluding carboxylic acids is 3. The first-order valence-corrected chi connectivity index (χ1v) is 10.7. The molecule has 0 spiro atoms. The van der Waals surface area contributed by atoms with Gasteiger partial charge in [-0.1, -0.05) is 41.1 Å². The number of carbonyl (C=O) groups is 4. The quantitative estimate of drug-likeness (QED) is 0.321. The Balaban J connectivity index is 2.00. The molecule has 1 unspecified atom stereocenters. The van der Waals surface area contributed by atoms with Gasteiger partial charge >= 0.3 is 18.0 Å². The predicted octanol–water partition coefficient (Wildman–Crippen LogP) is 3.81. The first kappa shape index (κ1) is 24.9. The van der Waals surface area contributed by atoms with Crippen LogP contribution in [0.4, 0.5) is 15.3 Å². The molecule has 0 aliphatic heterocycles. The summed E-state index contributed by atoms with van der Waals surface area (Å²) in [5.74, 6) is -1.06. The van der Waals surface area contributed by atoms with Crippen molar-refractivity contribution in [3.05, 3.63) is 64.1 Å². The lowest BCUT2D eigenvalue weighted by Crippen LogP contribution is -2.57. The summed E-state index contributed by atoms with van der Waals surface area (Å²) < 4.78 is 0.857. The predicted molar refractivity (Wildman–Crippen MR) is 123 cm³/mol. The van der Waals surface area contributed by atoms with E-state index in [-0.39, 0.29) is 24.8 Å². The third-order valence-electron chi connectivity index (χ3n) is 4.98. The van der Waals surface area contributed by atoms with E-state index in [1.54, 1.807) is 49.4 Å². The highest BCUT2D eigenvalue weighted by atomic mass is 79.9. The molecule has 32 heavy (non-hydrogen) atoms. The number of carboxylic acid groups (broad SMARTS) is 1. The number of hydrazine groups is 1. The lowest BCUT2D eigenvalue weighted by Gasteiger charge is -2.31. The van der Waals surface area contributed by atoms with Gasteiger partial charge in [-0.3, -0.25) is 0 Å². The first-order valence-electron chi connectivity index (χ1n) is 9.86. The Morgan fingerprint density at radius 1 is 1.12 bits per heavy atom. The summed E-state index contributed by atoms with van der Waals surface area (Å²) in [4.78, 5) is 48.1. The summed E-state index contributed by atoms with van der Waals surface area (Å²) in [7, 11) is 1.35. The summed E-state index contributed by atoms with van der Waals surface area (Å²) in [5.41, 5.74) is 2.41. The number of halogens is 1. The number of nitrogens with one attached hydrogen (secondary N) is 3. The van der Waals surface area contributed by atoms with Crippen molar-refractivity contribution in [3.63, 3.8) is 0 Å². The van der Waals surface area contributed by atoms with Crippen LogP contribution in [-0.4, -0.2) is 47.0 Å². The summed E-state index contributed by atoms with van der Waals surface area (Å²) in [6.07, 6.45) is 1.40. The van der Waals surface area contributed by atoms with Crippen molar-refractivity contribution in [2.75, 3.05) is 12.4 Å². The number of nitrogens with zero attached hydrogens (tertiary/aromatic N) is 1. The van der Waals surface area contributed by atoms with E-state index < -0.39 is 23.6 Å². The molecule has 2 rings (SSSR count). The Morgan fingerprint density at radius 2 is 1.78 bits per heavy atom. The molecule has 0 aromatic heterocycles. The fraction of sp³-hybridized carbons (Fsp3) is 0.273. The molecule has 0 saturated carbocycles. The highest BCUT2D eigenvalue weighted by molar-refractivity contribution is 9.10. The van der Waals surface area contributed by atoms with Gasteiger partial charge in [-0.2, -0.15) is 0 Å². The molecule has 2 aromatic carbocycles. The minimum absolute atomic E-state index is 0.151. The van der Waals surface area contributed by atoms with E-state index in [9.17, 15) is 24.3 Å².